The number of alkyl halides is 3. The number of rotatable bonds is 4. The molecule has 136 valence electrons. The summed E-state index contributed by atoms with van der Waals surface area (Å²) in [6.45, 7) is 3.17. The summed E-state index contributed by atoms with van der Waals surface area (Å²) in [5.41, 5.74) is -0.880. The molecule has 2 heterocycles. The Morgan fingerprint density at radius 1 is 1.36 bits per heavy atom. The molecule has 1 aromatic carbocycles. The lowest BCUT2D eigenvalue weighted by Gasteiger charge is -2.32. The van der Waals surface area contributed by atoms with Crippen LogP contribution in [0.15, 0.2) is 28.8 Å². The quantitative estimate of drug-likeness (QED) is 0.912. The fourth-order valence-electron chi connectivity index (χ4n) is 3.29. The van der Waals surface area contributed by atoms with E-state index in [0.717, 1.165) is 25.5 Å². The third-order valence-corrected chi connectivity index (χ3v) is 4.45. The summed E-state index contributed by atoms with van der Waals surface area (Å²) in [6.07, 6.45) is -3.95. The highest BCUT2D eigenvalue weighted by Gasteiger charge is 2.35. The van der Waals surface area contributed by atoms with E-state index in [2.05, 4.69) is 10.1 Å². The van der Waals surface area contributed by atoms with Gasteiger partial charge in [-0.2, -0.15) is 18.2 Å². The maximum Gasteiger partial charge on any atom is 0.416 e. The maximum atomic E-state index is 13.1. The number of piperidine rings is 1. The molecular weight excluding hydrogens is 335 g/mol. The van der Waals surface area contributed by atoms with Gasteiger partial charge in [0, 0.05) is 13.1 Å². The molecule has 3 rings (SSSR count). The lowest BCUT2D eigenvalue weighted by molar-refractivity contribution is -0.139. The molecule has 1 fully saturated rings. The van der Waals surface area contributed by atoms with Crippen LogP contribution in [0.4, 0.5) is 13.2 Å². The average molecular weight is 355 g/mol. The van der Waals surface area contributed by atoms with Crippen LogP contribution in [0.5, 0.6) is 0 Å². The van der Waals surface area contributed by atoms with Crippen molar-refractivity contribution in [1.82, 2.24) is 15.0 Å². The second kappa shape index (κ2) is 7.13. The van der Waals surface area contributed by atoms with Crippen LogP contribution in [0.3, 0.4) is 0 Å². The molecule has 25 heavy (non-hydrogen) atoms. The van der Waals surface area contributed by atoms with Crippen LogP contribution in [-0.4, -0.2) is 39.8 Å². The van der Waals surface area contributed by atoms with E-state index < -0.39 is 17.8 Å². The van der Waals surface area contributed by atoms with Crippen molar-refractivity contribution in [3.05, 3.63) is 47.1 Å². The number of aliphatic hydroxyl groups is 1. The Morgan fingerprint density at radius 3 is 2.80 bits per heavy atom. The third-order valence-electron chi connectivity index (χ3n) is 4.45. The van der Waals surface area contributed by atoms with Gasteiger partial charge in [-0.1, -0.05) is 23.4 Å². The number of hydrogen-bond acceptors (Lipinski definition) is 5. The van der Waals surface area contributed by atoms with Gasteiger partial charge >= 0.3 is 6.18 Å². The smallest absolute Gasteiger partial charge is 0.387 e. The Balaban J connectivity index is 1.70. The SMILES string of the molecule is Cc1noc([C@H]2CCCN(C[C@H](O)c3ccccc3C(F)(F)F)C2)n1. The molecule has 0 saturated carbocycles. The van der Waals surface area contributed by atoms with Gasteiger partial charge in [0.1, 0.15) is 0 Å². The molecule has 0 amide bonds. The number of likely N-dealkylation sites (tertiary alicyclic amines) is 1. The molecule has 0 radical (unpaired) electrons. The maximum absolute atomic E-state index is 13.1. The summed E-state index contributed by atoms with van der Waals surface area (Å²) < 4.78 is 44.6. The van der Waals surface area contributed by atoms with E-state index in [4.69, 9.17) is 4.52 Å². The summed E-state index contributed by atoms with van der Waals surface area (Å²) in [4.78, 5) is 6.19. The zero-order valence-corrected chi connectivity index (χ0v) is 13.8. The first-order chi connectivity index (χ1) is 11.8. The minimum atomic E-state index is -4.48. The first-order valence-corrected chi connectivity index (χ1v) is 8.21. The lowest BCUT2D eigenvalue weighted by Crippen LogP contribution is -2.37. The molecule has 2 aromatic rings. The monoisotopic (exact) mass is 355 g/mol. The van der Waals surface area contributed by atoms with Gasteiger partial charge in [0.25, 0.3) is 0 Å². The number of nitrogens with zero attached hydrogens (tertiary/aromatic N) is 3. The number of benzene rings is 1. The van der Waals surface area contributed by atoms with Crippen LogP contribution in [-0.2, 0) is 6.18 Å². The Morgan fingerprint density at radius 2 is 2.12 bits per heavy atom. The molecular formula is C17H20F3N3O2. The minimum Gasteiger partial charge on any atom is -0.387 e. The highest BCUT2D eigenvalue weighted by molar-refractivity contribution is 5.31. The van der Waals surface area contributed by atoms with Crippen molar-refractivity contribution in [3.8, 4) is 0 Å². The standard InChI is InChI=1S/C17H20F3N3O2/c1-11-21-16(25-22-11)12-5-4-8-23(9-12)10-15(24)13-6-2-3-7-14(13)17(18,19)20/h2-3,6-7,12,15,24H,4-5,8-10H2,1H3/t12-,15-/m0/s1. The van der Waals surface area contributed by atoms with Gasteiger partial charge in [0.05, 0.1) is 17.6 Å². The summed E-state index contributed by atoms with van der Waals surface area (Å²) in [6, 6.07) is 5.16. The van der Waals surface area contributed by atoms with Crippen LogP contribution in [0, 0.1) is 6.92 Å². The molecule has 8 heteroatoms. The zero-order valence-electron chi connectivity index (χ0n) is 13.8. The van der Waals surface area contributed by atoms with Crippen LogP contribution in [0.1, 0.15) is 47.7 Å². The van der Waals surface area contributed by atoms with Gasteiger partial charge in [0.15, 0.2) is 5.82 Å². The summed E-state index contributed by atoms with van der Waals surface area (Å²) in [5.74, 6) is 1.15. The molecule has 1 N–H and O–H groups in total. The normalized spacial score (nSPS) is 20.6. The van der Waals surface area contributed by atoms with Gasteiger partial charge in [0.2, 0.25) is 5.89 Å². The first-order valence-electron chi connectivity index (χ1n) is 8.21. The van der Waals surface area contributed by atoms with E-state index in [1.54, 1.807) is 6.92 Å². The minimum absolute atomic E-state index is 0.0417. The first kappa shape index (κ1) is 17.9. The van der Waals surface area contributed by atoms with Crippen molar-refractivity contribution in [2.45, 2.75) is 38.0 Å². The molecule has 1 saturated heterocycles. The molecule has 1 aromatic heterocycles. The van der Waals surface area contributed by atoms with Gasteiger partial charge in [-0.25, -0.2) is 0 Å². The molecule has 2 atom stereocenters. The Labute approximate surface area is 143 Å². The van der Waals surface area contributed by atoms with Crippen molar-refractivity contribution in [2.75, 3.05) is 19.6 Å². The predicted molar refractivity (Wildman–Crippen MR) is 83.9 cm³/mol. The summed E-state index contributed by atoms with van der Waals surface area (Å²) in [7, 11) is 0. The van der Waals surface area contributed by atoms with Gasteiger partial charge < -0.3 is 9.63 Å². The Bertz CT molecular complexity index is 717. The van der Waals surface area contributed by atoms with Gasteiger partial charge in [-0.05, 0) is 37.9 Å². The van der Waals surface area contributed by atoms with E-state index in [1.807, 2.05) is 4.90 Å². The van der Waals surface area contributed by atoms with E-state index in [9.17, 15) is 18.3 Å². The fourth-order valence-corrected chi connectivity index (χ4v) is 3.29. The van der Waals surface area contributed by atoms with Crippen molar-refractivity contribution in [2.24, 2.45) is 0 Å². The van der Waals surface area contributed by atoms with Gasteiger partial charge in [-0.3, -0.25) is 4.90 Å². The highest BCUT2D eigenvalue weighted by Crippen LogP contribution is 2.35. The number of hydrogen-bond donors (Lipinski definition) is 1. The topological polar surface area (TPSA) is 62.4 Å². The van der Waals surface area contributed by atoms with Crippen molar-refractivity contribution >= 4 is 0 Å². The Kier molecular flexibility index (Phi) is 5.10. The number of aliphatic hydroxyl groups excluding tert-OH is 1. The second-order valence-corrected chi connectivity index (χ2v) is 6.38. The van der Waals surface area contributed by atoms with E-state index in [1.165, 1.54) is 18.2 Å². The second-order valence-electron chi connectivity index (χ2n) is 6.38. The molecule has 0 aliphatic carbocycles. The zero-order chi connectivity index (χ0) is 18.0. The summed E-state index contributed by atoms with van der Waals surface area (Å²) in [5, 5.41) is 14.2. The molecule has 5 nitrogen and oxygen atoms in total. The molecule has 1 aliphatic heterocycles. The van der Waals surface area contributed by atoms with Crippen molar-refractivity contribution in [1.29, 1.82) is 0 Å². The molecule has 0 unspecified atom stereocenters. The molecule has 0 bridgehead atoms. The number of halogens is 3. The van der Waals surface area contributed by atoms with Crippen LogP contribution in [0.2, 0.25) is 0 Å². The number of aromatic nitrogens is 2. The van der Waals surface area contributed by atoms with Gasteiger partial charge in [-0.15, -0.1) is 0 Å². The van der Waals surface area contributed by atoms with Crippen LogP contribution >= 0.6 is 0 Å². The third kappa shape index (κ3) is 4.19. The average Bonchev–Trinajstić information content (AvgIpc) is 3.01. The molecule has 0 spiro atoms. The van der Waals surface area contributed by atoms with Crippen molar-refractivity contribution in [3.63, 3.8) is 0 Å². The van der Waals surface area contributed by atoms with E-state index in [0.29, 0.717) is 18.3 Å². The van der Waals surface area contributed by atoms with E-state index >= 15 is 0 Å². The summed E-state index contributed by atoms with van der Waals surface area (Å²) >= 11 is 0. The lowest BCUT2D eigenvalue weighted by atomic mass is 9.96. The predicted octanol–water partition coefficient (Wildman–Crippen LogP) is 3.31. The largest absolute Gasteiger partial charge is 0.416 e. The number of aryl methyl sites for hydroxylation is 1. The number of β-amino-alcohol motifs (C(OH)–C–C–N with tert-alkyl or cyclic N) is 1. The van der Waals surface area contributed by atoms with E-state index in [-0.39, 0.29) is 18.0 Å². The molecule has 1 aliphatic rings. The highest BCUT2D eigenvalue weighted by atomic mass is 19.4. The van der Waals surface area contributed by atoms with Crippen LogP contribution in [0.25, 0.3) is 0 Å². The van der Waals surface area contributed by atoms with Crippen molar-refractivity contribution < 1.29 is 22.8 Å². The van der Waals surface area contributed by atoms with Crippen LogP contribution < -0.4 is 0 Å². The fraction of sp³-hybridized carbons (Fsp3) is 0.529. The Hall–Kier alpha value is -1.93.